The van der Waals surface area contributed by atoms with Gasteiger partial charge in [0.05, 0.1) is 20.2 Å². The Labute approximate surface area is 109 Å². The van der Waals surface area contributed by atoms with Gasteiger partial charge in [-0.05, 0) is 19.2 Å². The number of carbonyl (C=O) groups is 2. The number of halogens is 2. The molecule has 0 fully saturated rings. The number of para-hydroxylation sites is 1. The molecule has 0 aliphatic heterocycles. The first-order valence-corrected chi connectivity index (χ1v) is 5.43. The zero-order valence-electron chi connectivity index (χ0n) is 10.6. The quantitative estimate of drug-likeness (QED) is 0.813. The molecule has 0 spiro atoms. The number of esters is 1. The average molecular weight is 272 g/mol. The second kappa shape index (κ2) is 6.79. The Morgan fingerprint density at radius 2 is 1.84 bits per heavy atom. The highest BCUT2D eigenvalue weighted by atomic mass is 19.1. The lowest BCUT2D eigenvalue weighted by molar-refractivity contribution is -0.141. The molecule has 0 aliphatic carbocycles. The number of carbonyl (C=O) groups excluding carboxylic acids is 2. The highest BCUT2D eigenvalue weighted by molar-refractivity contribution is 5.92. The summed E-state index contributed by atoms with van der Waals surface area (Å²) in [6.45, 7) is -0.285. The topological polar surface area (TPSA) is 58.6 Å². The molecule has 1 aromatic carbocycles. The molecule has 0 saturated heterocycles. The number of nitrogens with zero attached hydrogens (tertiary/aromatic N) is 1. The number of hydrogen-bond acceptors (Lipinski definition) is 4. The van der Waals surface area contributed by atoms with Gasteiger partial charge in [0.15, 0.2) is 0 Å². The largest absolute Gasteiger partial charge is 0.468 e. The summed E-state index contributed by atoms with van der Waals surface area (Å²) < 4.78 is 31.0. The number of rotatable bonds is 5. The highest BCUT2D eigenvalue weighted by Crippen LogP contribution is 2.17. The molecule has 1 amide bonds. The maximum Gasteiger partial charge on any atom is 0.319 e. The van der Waals surface area contributed by atoms with Gasteiger partial charge in [-0.2, -0.15) is 0 Å². The Morgan fingerprint density at radius 1 is 1.26 bits per heavy atom. The van der Waals surface area contributed by atoms with Crippen molar-refractivity contribution in [1.82, 2.24) is 4.90 Å². The first kappa shape index (κ1) is 15.0. The SMILES string of the molecule is COC(=O)CN(C)CC(=O)Nc1c(F)cccc1F. The van der Waals surface area contributed by atoms with E-state index in [-0.39, 0.29) is 13.1 Å². The van der Waals surface area contributed by atoms with Gasteiger partial charge >= 0.3 is 5.97 Å². The van der Waals surface area contributed by atoms with Crippen LogP contribution in [0.25, 0.3) is 0 Å². The van der Waals surface area contributed by atoms with Gasteiger partial charge in [0.2, 0.25) is 5.91 Å². The number of amides is 1. The van der Waals surface area contributed by atoms with Gasteiger partial charge in [0.25, 0.3) is 0 Å². The molecule has 0 bridgehead atoms. The van der Waals surface area contributed by atoms with E-state index < -0.39 is 29.2 Å². The molecule has 0 saturated carbocycles. The average Bonchev–Trinajstić information content (AvgIpc) is 2.33. The molecule has 5 nitrogen and oxygen atoms in total. The van der Waals surface area contributed by atoms with E-state index in [1.165, 1.54) is 25.1 Å². The van der Waals surface area contributed by atoms with Crippen LogP contribution in [-0.2, 0) is 14.3 Å². The second-order valence-electron chi connectivity index (χ2n) is 3.89. The predicted molar refractivity (Wildman–Crippen MR) is 64.5 cm³/mol. The molecule has 1 N–H and O–H groups in total. The normalized spacial score (nSPS) is 10.4. The molecule has 0 heterocycles. The van der Waals surface area contributed by atoms with Crippen LogP contribution in [0.3, 0.4) is 0 Å². The fourth-order valence-electron chi connectivity index (χ4n) is 1.38. The zero-order valence-corrected chi connectivity index (χ0v) is 10.6. The highest BCUT2D eigenvalue weighted by Gasteiger charge is 2.14. The van der Waals surface area contributed by atoms with E-state index in [0.717, 1.165) is 12.1 Å². The lowest BCUT2D eigenvalue weighted by Gasteiger charge is -2.15. The van der Waals surface area contributed by atoms with Crippen molar-refractivity contribution < 1.29 is 23.1 Å². The number of likely N-dealkylation sites (N-methyl/N-ethyl adjacent to an activating group) is 1. The number of ether oxygens (including phenoxy) is 1. The van der Waals surface area contributed by atoms with Crippen LogP contribution in [0.2, 0.25) is 0 Å². The fraction of sp³-hybridized carbons (Fsp3) is 0.333. The van der Waals surface area contributed by atoms with Crippen LogP contribution < -0.4 is 5.32 Å². The fourth-order valence-corrected chi connectivity index (χ4v) is 1.38. The van der Waals surface area contributed by atoms with E-state index in [1.807, 2.05) is 0 Å². The lowest BCUT2D eigenvalue weighted by atomic mass is 10.3. The van der Waals surface area contributed by atoms with Crippen LogP contribution in [0.5, 0.6) is 0 Å². The number of anilines is 1. The number of methoxy groups -OCH3 is 1. The van der Waals surface area contributed by atoms with Crippen LogP contribution in [0.4, 0.5) is 14.5 Å². The summed E-state index contributed by atoms with van der Waals surface area (Å²) in [7, 11) is 2.74. The van der Waals surface area contributed by atoms with Crippen LogP contribution in [-0.4, -0.2) is 44.0 Å². The maximum atomic E-state index is 13.3. The van der Waals surface area contributed by atoms with E-state index in [0.29, 0.717) is 0 Å². The molecule has 19 heavy (non-hydrogen) atoms. The second-order valence-corrected chi connectivity index (χ2v) is 3.89. The summed E-state index contributed by atoms with van der Waals surface area (Å²) in [5.74, 6) is -2.85. The minimum absolute atomic E-state index is 0.0936. The summed E-state index contributed by atoms with van der Waals surface area (Å²) in [4.78, 5) is 23.9. The van der Waals surface area contributed by atoms with E-state index in [1.54, 1.807) is 0 Å². The summed E-state index contributed by atoms with van der Waals surface area (Å²) in [6.07, 6.45) is 0. The molecular weight excluding hydrogens is 258 g/mol. The molecule has 0 aromatic heterocycles. The summed E-state index contributed by atoms with van der Waals surface area (Å²) in [5.41, 5.74) is -0.501. The molecule has 1 aromatic rings. The Bertz CT molecular complexity index is 460. The minimum atomic E-state index is -0.857. The Hall–Kier alpha value is -2.02. The zero-order chi connectivity index (χ0) is 14.4. The van der Waals surface area contributed by atoms with Gasteiger partial charge < -0.3 is 10.1 Å². The molecule has 0 atom stereocenters. The third kappa shape index (κ3) is 4.63. The Balaban J connectivity index is 2.58. The maximum absolute atomic E-state index is 13.3. The summed E-state index contributed by atoms with van der Waals surface area (Å²) in [6, 6.07) is 3.28. The molecule has 104 valence electrons. The number of nitrogens with one attached hydrogen (secondary N) is 1. The van der Waals surface area contributed by atoms with E-state index in [9.17, 15) is 18.4 Å². The van der Waals surface area contributed by atoms with E-state index in [2.05, 4.69) is 10.1 Å². The minimum Gasteiger partial charge on any atom is -0.468 e. The number of benzene rings is 1. The van der Waals surface area contributed by atoms with Crippen LogP contribution >= 0.6 is 0 Å². The Morgan fingerprint density at radius 3 is 2.37 bits per heavy atom. The van der Waals surface area contributed by atoms with Gasteiger partial charge in [-0.15, -0.1) is 0 Å². The van der Waals surface area contributed by atoms with Crippen molar-refractivity contribution in [2.45, 2.75) is 0 Å². The molecule has 1 rings (SSSR count). The molecule has 0 aliphatic rings. The van der Waals surface area contributed by atoms with Crippen LogP contribution in [0.1, 0.15) is 0 Å². The summed E-state index contributed by atoms with van der Waals surface area (Å²) in [5, 5.41) is 2.12. The van der Waals surface area contributed by atoms with Crippen molar-refractivity contribution in [3.8, 4) is 0 Å². The molecule has 0 radical (unpaired) electrons. The van der Waals surface area contributed by atoms with Crippen molar-refractivity contribution >= 4 is 17.6 Å². The molecular formula is C12H14F2N2O3. The third-order valence-corrected chi connectivity index (χ3v) is 2.27. The Kier molecular flexibility index (Phi) is 5.37. The standard InChI is InChI=1S/C12H14F2N2O3/c1-16(7-11(18)19-2)6-10(17)15-12-8(13)4-3-5-9(12)14/h3-5H,6-7H2,1-2H3,(H,15,17). The monoisotopic (exact) mass is 272 g/mol. The summed E-state index contributed by atoms with van der Waals surface area (Å²) >= 11 is 0. The lowest BCUT2D eigenvalue weighted by Crippen LogP contribution is -2.34. The number of hydrogen-bond donors (Lipinski definition) is 1. The molecule has 0 unspecified atom stereocenters. The van der Waals surface area contributed by atoms with E-state index >= 15 is 0 Å². The first-order valence-electron chi connectivity index (χ1n) is 5.43. The van der Waals surface area contributed by atoms with Crippen molar-refractivity contribution in [1.29, 1.82) is 0 Å². The van der Waals surface area contributed by atoms with Crippen molar-refractivity contribution in [2.24, 2.45) is 0 Å². The van der Waals surface area contributed by atoms with Crippen molar-refractivity contribution in [3.05, 3.63) is 29.8 Å². The molecule has 7 heteroatoms. The van der Waals surface area contributed by atoms with E-state index in [4.69, 9.17) is 0 Å². The van der Waals surface area contributed by atoms with Gasteiger partial charge in [-0.1, -0.05) is 6.07 Å². The van der Waals surface area contributed by atoms with Gasteiger partial charge in [0, 0.05) is 0 Å². The van der Waals surface area contributed by atoms with Crippen molar-refractivity contribution in [2.75, 3.05) is 32.6 Å². The van der Waals surface area contributed by atoms with Crippen LogP contribution in [0, 0.1) is 11.6 Å². The van der Waals surface area contributed by atoms with Crippen molar-refractivity contribution in [3.63, 3.8) is 0 Å². The van der Waals surface area contributed by atoms with Gasteiger partial charge in [-0.3, -0.25) is 14.5 Å². The predicted octanol–water partition coefficient (Wildman–Crippen LogP) is 1.01. The smallest absolute Gasteiger partial charge is 0.319 e. The van der Waals surface area contributed by atoms with Crippen LogP contribution in [0.15, 0.2) is 18.2 Å². The third-order valence-electron chi connectivity index (χ3n) is 2.27. The van der Waals surface area contributed by atoms with Gasteiger partial charge in [-0.25, -0.2) is 8.78 Å². The first-order chi connectivity index (χ1) is 8.93. The van der Waals surface area contributed by atoms with Gasteiger partial charge in [0.1, 0.15) is 17.3 Å².